The van der Waals surface area contributed by atoms with Gasteiger partial charge in [-0.25, -0.2) is 9.97 Å². The van der Waals surface area contributed by atoms with E-state index in [0.29, 0.717) is 12.5 Å². The van der Waals surface area contributed by atoms with Crippen LogP contribution >= 0.6 is 0 Å². The summed E-state index contributed by atoms with van der Waals surface area (Å²) in [5.74, 6) is 1.36. The quantitative estimate of drug-likeness (QED) is 0.786. The molecule has 3 rings (SSSR count). The van der Waals surface area contributed by atoms with Gasteiger partial charge in [0.15, 0.2) is 5.82 Å². The van der Waals surface area contributed by atoms with E-state index < -0.39 is 0 Å². The Bertz CT molecular complexity index is 759. The van der Waals surface area contributed by atoms with Crippen molar-refractivity contribution < 1.29 is 0 Å². The van der Waals surface area contributed by atoms with Crippen LogP contribution < -0.4 is 5.73 Å². The van der Waals surface area contributed by atoms with E-state index in [9.17, 15) is 0 Å². The minimum absolute atomic E-state index is 0.595. The Kier molecular flexibility index (Phi) is 4.20. The predicted molar refractivity (Wildman–Crippen MR) is 90.6 cm³/mol. The Morgan fingerprint density at radius 2 is 1.95 bits per heavy atom. The Labute approximate surface area is 131 Å². The van der Waals surface area contributed by atoms with Crippen LogP contribution in [0.15, 0.2) is 42.9 Å². The molecule has 0 aliphatic carbocycles. The molecule has 3 aromatic rings. The van der Waals surface area contributed by atoms with Crippen LogP contribution in [0.5, 0.6) is 0 Å². The van der Waals surface area contributed by atoms with E-state index in [4.69, 9.17) is 5.73 Å². The molecule has 114 valence electrons. The lowest BCUT2D eigenvalue weighted by Gasteiger charge is -2.09. The van der Waals surface area contributed by atoms with Gasteiger partial charge in [0, 0.05) is 41.6 Å². The van der Waals surface area contributed by atoms with Gasteiger partial charge in [-0.05, 0) is 36.6 Å². The minimum atomic E-state index is 0.595. The summed E-state index contributed by atoms with van der Waals surface area (Å²) >= 11 is 0. The zero-order valence-electron chi connectivity index (χ0n) is 13.2. The Morgan fingerprint density at radius 1 is 1.18 bits per heavy atom. The molecule has 0 unspecified atom stereocenters. The lowest BCUT2D eigenvalue weighted by atomic mass is 10.1. The number of fused-ring (bicyclic) bond motifs is 1. The highest BCUT2D eigenvalue weighted by molar-refractivity contribution is 5.87. The maximum Gasteiger partial charge on any atom is 0.159 e. The van der Waals surface area contributed by atoms with Gasteiger partial charge in [-0.2, -0.15) is 0 Å². The Balaban J connectivity index is 2.12. The second-order valence-corrected chi connectivity index (χ2v) is 6.04. The summed E-state index contributed by atoms with van der Waals surface area (Å²) in [7, 11) is 0. The van der Waals surface area contributed by atoms with Crippen LogP contribution in [0.4, 0.5) is 0 Å². The molecule has 0 spiro atoms. The third kappa shape index (κ3) is 2.88. The first kappa shape index (κ1) is 14.7. The normalized spacial score (nSPS) is 11.5. The van der Waals surface area contributed by atoms with Gasteiger partial charge in [-0.15, -0.1) is 0 Å². The summed E-state index contributed by atoms with van der Waals surface area (Å²) in [6, 6.07) is 8.29. The largest absolute Gasteiger partial charge is 0.347 e. The predicted octanol–water partition coefficient (Wildman–Crippen LogP) is 3.26. The summed E-state index contributed by atoms with van der Waals surface area (Å²) in [5, 5.41) is 1.28. The molecule has 2 N–H and O–H groups in total. The fourth-order valence-corrected chi connectivity index (χ4v) is 2.85. The molecular weight excluding hydrogens is 272 g/mol. The maximum absolute atomic E-state index is 5.75. The fraction of sp³-hybridized carbons (Fsp3) is 0.333. The standard InChI is InChI=1S/C18H22N4/c1-13(2)11-22-12-15(6-7-19)16-5-4-14(10-17(16)22)18-20-8-3-9-21-18/h3-5,8-10,12-13H,6-7,11,19H2,1-2H3. The highest BCUT2D eigenvalue weighted by Gasteiger charge is 2.11. The van der Waals surface area contributed by atoms with Crippen LogP contribution in [0.3, 0.4) is 0 Å². The van der Waals surface area contributed by atoms with Gasteiger partial charge in [0.05, 0.1) is 0 Å². The van der Waals surface area contributed by atoms with Gasteiger partial charge >= 0.3 is 0 Å². The maximum atomic E-state index is 5.75. The van der Waals surface area contributed by atoms with Gasteiger partial charge in [-0.3, -0.25) is 0 Å². The summed E-state index contributed by atoms with van der Waals surface area (Å²) in [6.07, 6.45) is 6.70. The molecule has 0 saturated carbocycles. The zero-order chi connectivity index (χ0) is 15.5. The van der Waals surface area contributed by atoms with Crippen LogP contribution in [0.1, 0.15) is 19.4 Å². The van der Waals surface area contributed by atoms with E-state index in [-0.39, 0.29) is 0 Å². The first-order valence-electron chi connectivity index (χ1n) is 7.78. The van der Waals surface area contributed by atoms with Crippen molar-refractivity contribution in [3.8, 4) is 11.4 Å². The van der Waals surface area contributed by atoms with Crippen molar-refractivity contribution in [2.75, 3.05) is 6.54 Å². The topological polar surface area (TPSA) is 56.7 Å². The van der Waals surface area contributed by atoms with Crippen LogP contribution in [-0.4, -0.2) is 21.1 Å². The highest BCUT2D eigenvalue weighted by atomic mass is 15.0. The van der Waals surface area contributed by atoms with Crippen molar-refractivity contribution in [3.05, 3.63) is 48.4 Å². The molecule has 4 nitrogen and oxygen atoms in total. The number of hydrogen-bond donors (Lipinski definition) is 1. The molecule has 0 aliphatic heterocycles. The van der Waals surface area contributed by atoms with Crippen molar-refractivity contribution in [1.82, 2.24) is 14.5 Å². The molecule has 0 radical (unpaired) electrons. The molecule has 1 aromatic carbocycles. The van der Waals surface area contributed by atoms with E-state index in [1.54, 1.807) is 12.4 Å². The van der Waals surface area contributed by atoms with E-state index in [2.05, 4.69) is 52.8 Å². The van der Waals surface area contributed by atoms with Gasteiger partial charge in [0.2, 0.25) is 0 Å². The second kappa shape index (κ2) is 6.28. The highest BCUT2D eigenvalue weighted by Crippen LogP contribution is 2.27. The van der Waals surface area contributed by atoms with Gasteiger partial charge in [0.25, 0.3) is 0 Å². The molecular formula is C18H22N4. The Morgan fingerprint density at radius 3 is 2.64 bits per heavy atom. The third-order valence-corrected chi connectivity index (χ3v) is 3.76. The van der Waals surface area contributed by atoms with Crippen molar-refractivity contribution in [1.29, 1.82) is 0 Å². The van der Waals surface area contributed by atoms with Crippen LogP contribution in [0, 0.1) is 5.92 Å². The van der Waals surface area contributed by atoms with Crippen LogP contribution in [-0.2, 0) is 13.0 Å². The monoisotopic (exact) mass is 294 g/mol. The smallest absolute Gasteiger partial charge is 0.159 e. The van der Waals surface area contributed by atoms with Crippen molar-refractivity contribution in [2.45, 2.75) is 26.8 Å². The van der Waals surface area contributed by atoms with Gasteiger partial charge < -0.3 is 10.3 Å². The second-order valence-electron chi connectivity index (χ2n) is 6.04. The first-order chi connectivity index (χ1) is 10.7. The van der Waals surface area contributed by atoms with Crippen molar-refractivity contribution >= 4 is 10.9 Å². The number of rotatable bonds is 5. The number of aromatic nitrogens is 3. The first-order valence-corrected chi connectivity index (χ1v) is 7.78. The molecule has 0 atom stereocenters. The average molecular weight is 294 g/mol. The summed E-state index contributed by atoms with van der Waals surface area (Å²) in [4.78, 5) is 8.70. The molecule has 0 aliphatic rings. The molecule has 22 heavy (non-hydrogen) atoms. The molecule has 2 heterocycles. The van der Waals surface area contributed by atoms with Crippen molar-refractivity contribution in [2.24, 2.45) is 11.7 Å². The molecule has 0 amide bonds. The fourth-order valence-electron chi connectivity index (χ4n) is 2.85. The zero-order valence-corrected chi connectivity index (χ0v) is 13.2. The Hall–Kier alpha value is -2.20. The van der Waals surface area contributed by atoms with Gasteiger partial charge in [0.1, 0.15) is 0 Å². The van der Waals surface area contributed by atoms with E-state index in [1.165, 1.54) is 16.5 Å². The van der Waals surface area contributed by atoms with Gasteiger partial charge in [-0.1, -0.05) is 26.0 Å². The lowest BCUT2D eigenvalue weighted by Crippen LogP contribution is -2.04. The lowest BCUT2D eigenvalue weighted by molar-refractivity contribution is 0.534. The third-order valence-electron chi connectivity index (χ3n) is 3.76. The van der Waals surface area contributed by atoms with Crippen LogP contribution in [0.2, 0.25) is 0 Å². The average Bonchev–Trinajstić information content (AvgIpc) is 2.85. The molecule has 2 aromatic heterocycles. The number of benzene rings is 1. The van der Waals surface area contributed by atoms with E-state index in [1.807, 2.05) is 6.07 Å². The summed E-state index contributed by atoms with van der Waals surface area (Å²) < 4.78 is 2.33. The number of nitrogens with two attached hydrogens (primary N) is 1. The minimum Gasteiger partial charge on any atom is -0.347 e. The number of hydrogen-bond acceptors (Lipinski definition) is 3. The van der Waals surface area contributed by atoms with E-state index in [0.717, 1.165) is 24.4 Å². The molecule has 4 heteroatoms. The van der Waals surface area contributed by atoms with Crippen LogP contribution in [0.25, 0.3) is 22.3 Å². The molecule has 0 bridgehead atoms. The number of nitrogens with zero attached hydrogens (tertiary/aromatic N) is 3. The summed E-state index contributed by atoms with van der Waals surface area (Å²) in [6.45, 7) is 6.14. The molecule has 0 fully saturated rings. The molecule has 0 saturated heterocycles. The van der Waals surface area contributed by atoms with Crippen molar-refractivity contribution in [3.63, 3.8) is 0 Å². The van der Waals surface area contributed by atoms with E-state index >= 15 is 0 Å². The summed E-state index contributed by atoms with van der Waals surface area (Å²) in [5.41, 5.74) is 9.36. The SMILES string of the molecule is CC(C)Cn1cc(CCN)c2ccc(-c3ncccn3)cc21.